The maximum atomic E-state index is 12.1. The lowest BCUT2D eigenvalue weighted by Crippen LogP contribution is -2.52. The van der Waals surface area contributed by atoms with Crippen molar-refractivity contribution in [3.05, 3.63) is 16.0 Å². The highest BCUT2D eigenvalue weighted by Gasteiger charge is 2.29. The maximum absolute atomic E-state index is 12.1. The van der Waals surface area contributed by atoms with Gasteiger partial charge >= 0.3 is 0 Å². The smallest absolute Gasteiger partial charge is 0.254 e. The summed E-state index contributed by atoms with van der Waals surface area (Å²) in [4.78, 5) is 34.6. The third kappa shape index (κ3) is 3.05. The molecule has 1 aromatic rings. The lowest BCUT2D eigenvalue weighted by Gasteiger charge is -2.21. The average Bonchev–Trinajstić information content (AvgIpc) is 2.74. The zero-order valence-electron chi connectivity index (χ0n) is 10.1. The van der Waals surface area contributed by atoms with Gasteiger partial charge in [-0.1, -0.05) is 11.6 Å². The van der Waals surface area contributed by atoms with Gasteiger partial charge in [0.2, 0.25) is 11.8 Å². The van der Waals surface area contributed by atoms with Crippen LogP contribution in [0.3, 0.4) is 0 Å². The van der Waals surface area contributed by atoms with Gasteiger partial charge < -0.3 is 10.6 Å². The molecule has 1 aliphatic rings. The fourth-order valence-electron chi connectivity index (χ4n) is 1.78. The van der Waals surface area contributed by atoms with E-state index in [9.17, 15) is 14.4 Å². The molecule has 1 aromatic heterocycles. The number of carbonyl (C=O) groups is 3. The number of amides is 3. The van der Waals surface area contributed by atoms with Crippen molar-refractivity contribution in [3.63, 3.8) is 0 Å². The Morgan fingerprint density at radius 3 is 2.89 bits per heavy atom. The first-order valence-electron chi connectivity index (χ1n) is 5.63. The molecule has 1 saturated heterocycles. The number of hydrogen-bond acceptors (Lipinski definition) is 5. The number of carbonyl (C=O) groups excluding carboxylic acids is 3. The topological polar surface area (TPSA) is 87.3 Å². The molecule has 0 aliphatic carbocycles. The molecule has 0 spiro atoms. The van der Waals surface area contributed by atoms with Crippen LogP contribution in [0.5, 0.6) is 0 Å². The van der Waals surface area contributed by atoms with E-state index in [0.29, 0.717) is 21.3 Å². The molecule has 2 heterocycles. The van der Waals surface area contributed by atoms with Crippen LogP contribution >= 0.6 is 22.9 Å². The molecule has 0 aromatic carbocycles. The van der Waals surface area contributed by atoms with E-state index >= 15 is 0 Å². The van der Waals surface area contributed by atoms with Crippen molar-refractivity contribution in [2.45, 2.75) is 18.9 Å². The first-order chi connectivity index (χ1) is 9.01. The van der Waals surface area contributed by atoms with Gasteiger partial charge in [0.15, 0.2) is 0 Å². The number of anilines is 1. The van der Waals surface area contributed by atoms with Crippen LogP contribution < -0.4 is 16.0 Å². The van der Waals surface area contributed by atoms with Crippen LogP contribution in [0.25, 0.3) is 0 Å². The summed E-state index contributed by atoms with van der Waals surface area (Å²) in [5, 5.41) is 8.29. The van der Waals surface area contributed by atoms with Crippen LogP contribution in [-0.2, 0) is 9.59 Å². The van der Waals surface area contributed by atoms with Crippen LogP contribution in [0.1, 0.15) is 23.2 Å². The molecule has 1 fully saturated rings. The second kappa shape index (κ2) is 5.58. The first kappa shape index (κ1) is 13.8. The van der Waals surface area contributed by atoms with Gasteiger partial charge in [0.1, 0.15) is 11.0 Å². The van der Waals surface area contributed by atoms with Gasteiger partial charge in [-0.3, -0.25) is 19.7 Å². The minimum absolute atomic E-state index is 0.222. The molecule has 102 valence electrons. The highest BCUT2D eigenvalue weighted by atomic mass is 35.5. The Bertz CT molecular complexity index is 543. The van der Waals surface area contributed by atoms with E-state index in [-0.39, 0.29) is 18.2 Å². The van der Waals surface area contributed by atoms with Crippen molar-refractivity contribution in [2.24, 2.45) is 0 Å². The monoisotopic (exact) mass is 301 g/mol. The van der Waals surface area contributed by atoms with Gasteiger partial charge in [-0.15, -0.1) is 11.3 Å². The van der Waals surface area contributed by atoms with Crippen molar-refractivity contribution in [3.8, 4) is 0 Å². The fourth-order valence-corrected chi connectivity index (χ4v) is 2.86. The molecule has 1 unspecified atom stereocenters. The molecule has 6 nitrogen and oxygen atoms in total. The third-order valence-electron chi connectivity index (χ3n) is 2.72. The van der Waals surface area contributed by atoms with E-state index in [2.05, 4.69) is 16.0 Å². The number of thiophene rings is 1. The van der Waals surface area contributed by atoms with Gasteiger partial charge in [-0.05, 0) is 12.5 Å². The number of halogens is 1. The van der Waals surface area contributed by atoms with Gasteiger partial charge in [0.05, 0.1) is 9.90 Å². The Morgan fingerprint density at radius 2 is 2.26 bits per heavy atom. The summed E-state index contributed by atoms with van der Waals surface area (Å²) in [5.74, 6) is -1.18. The Balaban J connectivity index is 2.08. The van der Waals surface area contributed by atoms with Gasteiger partial charge in [0.25, 0.3) is 5.91 Å². The lowest BCUT2D eigenvalue weighted by molar-refractivity contribution is -0.134. The average molecular weight is 302 g/mol. The minimum atomic E-state index is -0.686. The molecular weight excluding hydrogens is 290 g/mol. The van der Waals surface area contributed by atoms with E-state index in [0.717, 1.165) is 0 Å². The largest absolute Gasteiger partial charge is 0.379 e. The van der Waals surface area contributed by atoms with Crippen LogP contribution in [0, 0.1) is 0 Å². The molecule has 0 radical (unpaired) electrons. The normalized spacial score (nSPS) is 18.9. The van der Waals surface area contributed by atoms with Crippen LogP contribution in [0.15, 0.2) is 6.07 Å². The molecule has 8 heteroatoms. The van der Waals surface area contributed by atoms with E-state index in [1.807, 2.05) is 0 Å². The van der Waals surface area contributed by atoms with Gasteiger partial charge in [-0.2, -0.15) is 0 Å². The van der Waals surface area contributed by atoms with Crippen molar-refractivity contribution < 1.29 is 14.4 Å². The van der Waals surface area contributed by atoms with Gasteiger partial charge in [-0.25, -0.2) is 0 Å². The summed E-state index contributed by atoms with van der Waals surface area (Å²) in [6, 6.07) is 0.854. The molecule has 1 aliphatic heterocycles. The lowest BCUT2D eigenvalue weighted by atomic mass is 10.1. The van der Waals surface area contributed by atoms with E-state index in [1.165, 1.54) is 11.3 Å². The van der Waals surface area contributed by atoms with Crippen molar-refractivity contribution >= 4 is 45.7 Å². The second-order valence-corrected chi connectivity index (χ2v) is 5.70. The summed E-state index contributed by atoms with van der Waals surface area (Å²) in [6.45, 7) is 0. The molecule has 0 saturated carbocycles. The molecular formula is C11H12ClN3O3S. The summed E-state index contributed by atoms with van der Waals surface area (Å²) >= 11 is 7.10. The predicted octanol–water partition coefficient (Wildman–Crippen LogP) is 0.978. The Labute approximate surface area is 118 Å². The predicted molar refractivity (Wildman–Crippen MR) is 72.5 cm³/mol. The molecule has 3 amide bonds. The minimum Gasteiger partial charge on any atom is -0.379 e. The third-order valence-corrected chi connectivity index (χ3v) is 4.00. The number of rotatable bonds is 3. The standard InChI is InChI=1S/C11H12ClN3O3S/c1-13-11-5(4-7(12)19-11)9(17)14-6-2-3-8(16)15-10(6)18/h4,6,13H,2-3H2,1H3,(H,14,17)(H,15,16,18). The number of imide groups is 1. The van der Waals surface area contributed by atoms with Crippen LogP contribution in [0.2, 0.25) is 4.34 Å². The van der Waals surface area contributed by atoms with Crippen LogP contribution in [-0.4, -0.2) is 30.8 Å². The van der Waals surface area contributed by atoms with Crippen LogP contribution in [0.4, 0.5) is 5.00 Å². The Hall–Kier alpha value is -1.60. The zero-order chi connectivity index (χ0) is 14.0. The first-order valence-corrected chi connectivity index (χ1v) is 6.82. The maximum Gasteiger partial charge on any atom is 0.254 e. The number of piperidine rings is 1. The van der Waals surface area contributed by atoms with Gasteiger partial charge in [0, 0.05) is 13.5 Å². The van der Waals surface area contributed by atoms with Crippen molar-refractivity contribution in [1.29, 1.82) is 0 Å². The zero-order valence-corrected chi connectivity index (χ0v) is 11.7. The molecule has 0 bridgehead atoms. The molecule has 2 rings (SSSR count). The SMILES string of the molecule is CNc1sc(Cl)cc1C(=O)NC1CCC(=O)NC1=O. The Kier molecular flexibility index (Phi) is 4.06. The molecule has 1 atom stereocenters. The highest BCUT2D eigenvalue weighted by molar-refractivity contribution is 7.20. The summed E-state index contributed by atoms with van der Waals surface area (Å²) < 4.78 is 0.484. The van der Waals surface area contributed by atoms with Crippen molar-refractivity contribution in [1.82, 2.24) is 10.6 Å². The van der Waals surface area contributed by atoms with E-state index in [1.54, 1.807) is 13.1 Å². The second-order valence-electron chi connectivity index (χ2n) is 4.02. The number of hydrogen-bond donors (Lipinski definition) is 3. The highest BCUT2D eigenvalue weighted by Crippen LogP contribution is 2.31. The van der Waals surface area contributed by atoms with Crippen molar-refractivity contribution in [2.75, 3.05) is 12.4 Å². The summed E-state index contributed by atoms with van der Waals surface area (Å²) in [5.41, 5.74) is 0.391. The summed E-state index contributed by atoms with van der Waals surface area (Å²) in [6.07, 6.45) is 0.531. The Morgan fingerprint density at radius 1 is 1.53 bits per heavy atom. The fraction of sp³-hybridized carbons (Fsp3) is 0.364. The summed E-state index contributed by atoms with van der Waals surface area (Å²) in [7, 11) is 1.69. The quantitative estimate of drug-likeness (QED) is 0.726. The molecule has 3 N–H and O–H groups in total. The molecule has 19 heavy (non-hydrogen) atoms. The van der Waals surface area contributed by atoms with E-state index in [4.69, 9.17) is 11.6 Å². The number of nitrogens with one attached hydrogen (secondary N) is 3. The van der Waals surface area contributed by atoms with E-state index < -0.39 is 11.9 Å².